The molecular formula is C12H17ClO. The van der Waals surface area contributed by atoms with Crippen LogP contribution in [0.25, 0.3) is 0 Å². The largest absolute Gasteiger partial charge is 0.385 e. The van der Waals surface area contributed by atoms with Gasteiger partial charge in [0.25, 0.3) is 0 Å². The monoisotopic (exact) mass is 212 g/mol. The third-order valence-electron chi connectivity index (χ3n) is 2.36. The Bertz CT molecular complexity index is 235. The van der Waals surface area contributed by atoms with Gasteiger partial charge in [-0.2, -0.15) is 0 Å². The van der Waals surface area contributed by atoms with Crippen molar-refractivity contribution >= 4 is 11.6 Å². The van der Waals surface area contributed by atoms with Crippen LogP contribution in [0.2, 0.25) is 0 Å². The van der Waals surface area contributed by atoms with Gasteiger partial charge in [0, 0.05) is 19.6 Å². The van der Waals surface area contributed by atoms with Gasteiger partial charge in [-0.1, -0.05) is 30.3 Å². The lowest BCUT2D eigenvalue weighted by Gasteiger charge is -2.13. The van der Waals surface area contributed by atoms with Gasteiger partial charge < -0.3 is 4.74 Å². The topological polar surface area (TPSA) is 9.23 Å². The molecule has 0 aliphatic rings. The summed E-state index contributed by atoms with van der Waals surface area (Å²) in [5.41, 5.74) is 1.33. The predicted octanol–water partition coefficient (Wildman–Crippen LogP) is 3.44. The summed E-state index contributed by atoms with van der Waals surface area (Å²) in [5, 5.41) is 0. The fourth-order valence-electron chi connectivity index (χ4n) is 1.53. The van der Waals surface area contributed by atoms with Gasteiger partial charge in [0.1, 0.15) is 0 Å². The highest BCUT2D eigenvalue weighted by Gasteiger charge is 2.08. The molecule has 1 unspecified atom stereocenters. The lowest BCUT2D eigenvalue weighted by Crippen LogP contribution is -2.02. The van der Waals surface area contributed by atoms with Crippen LogP contribution in [0.4, 0.5) is 0 Å². The molecule has 0 fully saturated rings. The van der Waals surface area contributed by atoms with Crippen molar-refractivity contribution in [3.05, 3.63) is 35.9 Å². The maximum Gasteiger partial charge on any atom is 0.0462 e. The van der Waals surface area contributed by atoms with Crippen LogP contribution in [-0.4, -0.2) is 19.6 Å². The zero-order valence-electron chi connectivity index (χ0n) is 8.58. The first-order chi connectivity index (χ1) is 6.88. The molecule has 78 valence electrons. The second-order valence-electron chi connectivity index (χ2n) is 3.40. The molecule has 1 atom stereocenters. The third-order valence-corrected chi connectivity index (χ3v) is 2.73. The van der Waals surface area contributed by atoms with Gasteiger partial charge in [0.05, 0.1) is 0 Å². The van der Waals surface area contributed by atoms with Crippen LogP contribution in [-0.2, 0) is 4.74 Å². The van der Waals surface area contributed by atoms with E-state index in [1.807, 2.05) is 6.07 Å². The number of hydrogen-bond acceptors (Lipinski definition) is 1. The fraction of sp³-hybridized carbons (Fsp3) is 0.500. The zero-order chi connectivity index (χ0) is 10.2. The summed E-state index contributed by atoms with van der Waals surface area (Å²) in [6, 6.07) is 10.4. The smallest absolute Gasteiger partial charge is 0.0462 e. The molecule has 0 saturated carbocycles. The number of ether oxygens (including phenoxy) is 1. The Morgan fingerprint density at radius 3 is 2.57 bits per heavy atom. The van der Waals surface area contributed by atoms with E-state index in [1.54, 1.807) is 7.11 Å². The van der Waals surface area contributed by atoms with Crippen molar-refractivity contribution < 1.29 is 4.74 Å². The summed E-state index contributed by atoms with van der Waals surface area (Å²) in [7, 11) is 1.73. The Morgan fingerprint density at radius 1 is 1.29 bits per heavy atom. The normalized spacial score (nSPS) is 12.7. The standard InChI is InChI=1S/C12H17ClO/c1-14-9-5-8-12(10-13)11-6-3-2-4-7-11/h2-4,6-7,12H,5,8-10H2,1H3. The number of rotatable bonds is 6. The first kappa shape index (κ1) is 11.5. The van der Waals surface area contributed by atoms with Gasteiger partial charge in [-0.3, -0.25) is 0 Å². The number of benzene rings is 1. The summed E-state index contributed by atoms with van der Waals surface area (Å²) in [5.74, 6) is 1.15. The first-order valence-corrected chi connectivity index (χ1v) is 5.51. The van der Waals surface area contributed by atoms with Crippen LogP contribution in [0.15, 0.2) is 30.3 Å². The molecule has 0 radical (unpaired) electrons. The Kier molecular flexibility index (Phi) is 5.65. The maximum atomic E-state index is 5.94. The first-order valence-electron chi connectivity index (χ1n) is 4.98. The molecule has 2 heteroatoms. The molecule has 14 heavy (non-hydrogen) atoms. The van der Waals surface area contributed by atoms with Gasteiger partial charge in [0.2, 0.25) is 0 Å². The van der Waals surface area contributed by atoms with Crippen molar-refractivity contribution in [2.75, 3.05) is 19.6 Å². The van der Waals surface area contributed by atoms with Crippen molar-refractivity contribution in [2.45, 2.75) is 18.8 Å². The van der Waals surface area contributed by atoms with Crippen molar-refractivity contribution in [1.82, 2.24) is 0 Å². The molecule has 0 saturated heterocycles. The highest BCUT2D eigenvalue weighted by molar-refractivity contribution is 6.18. The quantitative estimate of drug-likeness (QED) is 0.519. The van der Waals surface area contributed by atoms with E-state index in [2.05, 4.69) is 24.3 Å². The molecule has 0 N–H and O–H groups in total. The highest BCUT2D eigenvalue weighted by Crippen LogP contribution is 2.22. The van der Waals surface area contributed by atoms with E-state index in [0.29, 0.717) is 11.8 Å². The van der Waals surface area contributed by atoms with Gasteiger partial charge in [-0.25, -0.2) is 0 Å². The van der Waals surface area contributed by atoms with Crippen molar-refractivity contribution in [1.29, 1.82) is 0 Å². The number of halogens is 1. The van der Waals surface area contributed by atoms with E-state index in [4.69, 9.17) is 16.3 Å². The average Bonchev–Trinajstić information content (AvgIpc) is 2.26. The summed E-state index contributed by atoms with van der Waals surface area (Å²) in [6.07, 6.45) is 2.17. The molecular weight excluding hydrogens is 196 g/mol. The van der Waals surface area contributed by atoms with Gasteiger partial charge in [-0.05, 0) is 24.3 Å². The summed E-state index contributed by atoms with van der Waals surface area (Å²) in [4.78, 5) is 0. The molecule has 0 bridgehead atoms. The maximum absolute atomic E-state index is 5.94. The predicted molar refractivity (Wildman–Crippen MR) is 61.0 cm³/mol. The average molecular weight is 213 g/mol. The molecule has 0 amide bonds. The van der Waals surface area contributed by atoms with Crippen molar-refractivity contribution in [3.8, 4) is 0 Å². The van der Waals surface area contributed by atoms with E-state index in [9.17, 15) is 0 Å². The molecule has 1 aromatic carbocycles. The highest BCUT2D eigenvalue weighted by atomic mass is 35.5. The summed E-state index contributed by atoms with van der Waals surface area (Å²) in [6.45, 7) is 0.820. The Hall–Kier alpha value is -0.530. The van der Waals surface area contributed by atoms with E-state index in [-0.39, 0.29) is 0 Å². The lowest BCUT2D eigenvalue weighted by molar-refractivity contribution is 0.191. The molecule has 0 aliphatic heterocycles. The second kappa shape index (κ2) is 6.86. The van der Waals surface area contributed by atoms with Crippen molar-refractivity contribution in [3.63, 3.8) is 0 Å². The molecule has 0 aromatic heterocycles. The van der Waals surface area contributed by atoms with Crippen LogP contribution in [0.1, 0.15) is 24.3 Å². The van der Waals surface area contributed by atoms with E-state index >= 15 is 0 Å². The van der Waals surface area contributed by atoms with Crippen LogP contribution in [0, 0.1) is 0 Å². The minimum atomic E-state index is 0.466. The summed E-state index contributed by atoms with van der Waals surface area (Å²) >= 11 is 5.94. The Balaban J connectivity index is 2.46. The Labute approximate surface area is 91.0 Å². The SMILES string of the molecule is COCCCC(CCl)c1ccccc1. The molecule has 1 aromatic rings. The zero-order valence-corrected chi connectivity index (χ0v) is 9.33. The molecule has 1 nitrogen and oxygen atoms in total. The number of alkyl halides is 1. The fourth-order valence-corrected chi connectivity index (χ4v) is 1.86. The lowest BCUT2D eigenvalue weighted by atomic mass is 9.96. The van der Waals surface area contributed by atoms with Crippen LogP contribution in [0.5, 0.6) is 0 Å². The van der Waals surface area contributed by atoms with E-state index in [0.717, 1.165) is 19.4 Å². The third kappa shape index (κ3) is 3.69. The van der Waals surface area contributed by atoms with Crippen LogP contribution < -0.4 is 0 Å². The summed E-state index contributed by atoms with van der Waals surface area (Å²) < 4.78 is 5.03. The number of methoxy groups -OCH3 is 1. The van der Waals surface area contributed by atoms with E-state index in [1.165, 1.54) is 5.56 Å². The number of hydrogen-bond donors (Lipinski definition) is 0. The molecule has 0 heterocycles. The van der Waals surface area contributed by atoms with Crippen LogP contribution >= 0.6 is 11.6 Å². The minimum Gasteiger partial charge on any atom is -0.385 e. The molecule has 1 rings (SSSR count). The van der Waals surface area contributed by atoms with Crippen LogP contribution in [0.3, 0.4) is 0 Å². The van der Waals surface area contributed by atoms with Crippen molar-refractivity contribution in [2.24, 2.45) is 0 Å². The molecule has 0 aliphatic carbocycles. The Morgan fingerprint density at radius 2 is 2.00 bits per heavy atom. The van der Waals surface area contributed by atoms with E-state index < -0.39 is 0 Å². The minimum absolute atomic E-state index is 0.466. The van der Waals surface area contributed by atoms with Gasteiger partial charge in [0.15, 0.2) is 0 Å². The van der Waals surface area contributed by atoms with Gasteiger partial charge >= 0.3 is 0 Å². The van der Waals surface area contributed by atoms with Gasteiger partial charge in [-0.15, -0.1) is 11.6 Å². The second-order valence-corrected chi connectivity index (χ2v) is 3.71. The molecule has 0 spiro atoms.